The lowest BCUT2D eigenvalue weighted by atomic mass is 10.1. The number of carbonyl (C=O) groups is 1. The topological polar surface area (TPSA) is 35.5 Å². The van der Waals surface area contributed by atoms with Gasteiger partial charge in [0.2, 0.25) is 6.79 Å². The molecule has 0 N–H and O–H groups in total. The van der Waals surface area contributed by atoms with Crippen molar-refractivity contribution in [3.63, 3.8) is 0 Å². The average Bonchev–Trinajstić information content (AvgIpc) is 2.50. The van der Waals surface area contributed by atoms with E-state index in [0.29, 0.717) is 22.9 Å². The minimum absolute atomic E-state index is 0.0972. The van der Waals surface area contributed by atoms with Crippen LogP contribution in [0.3, 0.4) is 0 Å². The van der Waals surface area contributed by atoms with Crippen molar-refractivity contribution in [1.29, 1.82) is 0 Å². The standard InChI is InChI=1S/C10H9ClO3/c1-6(12)2-7-3-8(11)10-9(4-7)13-5-14-10/h3-4H,2,5H2,1H3. The van der Waals surface area contributed by atoms with Crippen LogP contribution in [0.1, 0.15) is 12.5 Å². The molecule has 0 atom stereocenters. The van der Waals surface area contributed by atoms with Crippen LogP contribution in [0.2, 0.25) is 5.02 Å². The lowest BCUT2D eigenvalue weighted by Crippen LogP contribution is -1.96. The molecule has 14 heavy (non-hydrogen) atoms. The molecular formula is C10H9ClO3. The average molecular weight is 213 g/mol. The highest BCUT2D eigenvalue weighted by Gasteiger charge is 2.18. The maximum Gasteiger partial charge on any atom is 0.231 e. The van der Waals surface area contributed by atoms with E-state index in [1.807, 2.05) is 0 Å². The Morgan fingerprint density at radius 2 is 2.29 bits per heavy atom. The Bertz CT molecular complexity index is 387. The van der Waals surface area contributed by atoms with Gasteiger partial charge in [0.15, 0.2) is 11.5 Å². The van der Waals surface area contributed by atoms with Crippen LogP contribution in [0.15, 0.2) is 12.1 Å². The second-order valence-electron chi connectivity index (χ2n) is 3.19. The second-order valence-corrected chi connectivity index (χ2v) is 3.60. The minimum atomic E-state index is 0.0972. The summed E-state index contributed by atoms with van der Waals surface area (Å²) in [5, 5.41) is 0.497. The zero-order chi connectivity index (χ0) is 10.1. The SMILES string of the molecule is CC(=O)Cc1cc(Cl)c2c(c1)OCO2. The predicted molar refractivity (Wildman–Crippen MR) is 52.0 cm³/mol. The smallest absolute Gasteiger partial charge is 0.231 e. The van der Waals surface area contributed by atoms with Crippen LogP contribution >= 0.6 is 11.6 Å². The van der Waals surface area contributed by atoms with Crippen LogP contribution in [-0.4, -0.2) is 12.6 Å². The maximum atomic E-state index is 10.9. The number of fused-ring (bicyclic) bond motifs is 1. The molecule has 1 aliphatic heterocycles. The van der Waals surface area contributed by atoms with E-state index in [2.05, 4.69) is 0 Å². The molecule has 0 bridgehead atoms. The van der Waals surface area contributed by atoms with E-state index in [1.54, 1.807) is 19.1 Å². The van der Waals surface area contributed by atoms with Crippen molar-refractivity contribution in [2.75, 3.05) is 6.79 Å². The van der Waals surface area contributed by atoms with Gasteiger partial charge >= 0.3 is 0 Å². The van der Waals surface area contributed by atoms with Crippen molar-refractivity contribution in [2.24, 2.45) is 0 Å². The maximum absolute atomic E-state index is 10.9. The molecule has 2 rings (SSSR count). The Balaban J connectivity index is 2.36. The monoisotopic (exact) mass is 212 g/mol. The van der Waals surface area contributed by atoms with Crippen LogP contribution in [0.5, 0.6) is 11.5 Å². The molecule has 1 aromatic carbocycles. The lowest BCUT2D eigenvalue weighted by molar-refractivity contribution is -0.116. The number of benzene rings is 1. The first-order valence-corrected chi connectivity index (χ1v) is 4.62. The molecule has 1 aromatic rings. The van der Waals surface area contributed by atoms with Gasteiger partial charge in [0.05, 0.1) is 5.02 Å². The van der Waals surface area contributed by atoms with Crippen molar-refractivity contribution < 1.29 is 14.3 Å². The first-order valence-electron chi connectivity index (χ1n) is 4.24. The molecule has 0 saturated heterocycles. The summed E-state index contributed by atoms with van der Waals surface area (Å²) in [4.78, 5) is 10.9. The molecule has 0 unspecified atom stereocenters. The lowest BCUT2D eigenvalue weighted by Gasteiger charge is -2.02. The summed E-state index contributed by atoms with van der Waals surface area (Å²) in [5.41, 5.74) is 0.853. The Hall–Kier alpha value is -1.22. The molecule has 4 heteroatoms. The number of carbonyl (C=O) groups excluding carboxylic acids is 1. The molecule has 1 heterocycles. The molecular weight excluding hydrogens is 204 g/mol. The predicted octanol–water partition coefficient (Wildman–Crippen LogP) is 2.20. The van der Waals surface area contributed by atoms with E-state index in [1.165, 1.54) is 0 Å². The Morgan fingerprint density at radius 3 is 3.00 bits per heavy atom. The summed E-state index contributed by atoms with van der Waals surface area (Å²) in [6, 6.07) is 3.52. The summed E-state index contributed by atoms with van der Waals surface area (Å²) >= 11 is 5.94. The van der Waals surface area contributed by atoms with E-state index in [4.69, 9.17) is 21.1 Å². The molecule has 3 nitrogen and oxygen atoms in total. The van der Waals surface area contributed by atoms with E-state index >= 15 is 0 Å². The summed E-state index contributed by atoms with van der Waals surface area (Å²) in [6.07, 6.45) is 0.371. The van der Waals surface area contributed by atoms with Crippen LogP contribution in [0.25, 0.3) is 0 Å². The van der Waals surface area contributed by atoms with Crippen molar-refractivity contribution in [3.05, 3.63) is 22.7 Å². The van der Waals surface area contributed by atoms with Gasteiger partial charge in [-0.15, -0.1) is 0 Å². The number of ketones is 1. The Labute approximate surface area is 86.6 Å². The van der Waals surface area contributed by atoms with Gasteiger partial charge in [-0.2, -0.15) is 0 Å². The fourth-order valence-electron chi connectivity index (χ4n) is 1.41. The van der Waals surface area contributed by atoms with Crippen LogP contribution in [-0.2, 0) is 11.2 Å². The zero-order valence-corrected chi connectivity index (χ0v) is 8.43. The van der Waals surface area contributed by atoms with Gasteiger partial charge in [-0.25, -0.2) is 0 Å². The number of ether oxygens (including phenoxy) is 2. The number of hydrogen-bond donors (Lipinski definition) is 0. The third-order valence-electron chi connectivity index (χ3n) is 1.94. The highest BCUT2D eigenvalue weighted by Crippen LogP contribution is 2.39. The Morgan fingerprint density at radius 1 is 1.50 bits per heavy atom. The summed E-state index contributed by atoms with van der Waals surface area (Å²) in [7, 11) is 0. The molecule has 0 amide bonds. The number of rotatable bonds is 2. The van der Waals surface area contributed by atoms with Gasteiger partial charge < -0.3 is 9.47 Å². The van der Waals surface area contributed by atoms with Crippen molar-refractivity contribution >= 4 is 17.4 Å². The fourth-order valence-corrected chi connectivity index (χ4v) is 1.70. The third kappa shape index (κ3) is 1.68. The van der Waals surface area contributed by atoms with E-state index in [0.717, 1.165) is 5.56 Å². The Kier molecular flexibility index (Phi) is 2.33. The summed E-state index contributed by atoms with van der Waals surface area (Å²) in [6.45, 7) is 1.73. The molecule has 1 aliphatic rings. The second kappa shape index (κ2) is 3.50. The van der Waals surface area contributed by atoms with Gasteiger partial charge in [0.25, 0.3) is 0 Å². The van der Waals surface area contributed by atoms with Gasteiger partial charge in [0, 0.05) is 6.42 Å². The quantitative estimate of drug-likeness (QED) is 0.754. The zero-order valence-electron chi connectivity index (χ0n) is 7.67. The van der Waals surface area contributed by atoms with Gasteiger partial charge in [-0.05, 0) is 24.6 Å². The van der Waals surface area contributed by atoms with Crippen LogP contribution in [0, 0.1) is 0 Å². The van der Waals surface area contributed by atoms with Crippen molar-refractivity contribution in [2.45, 2.75) is 13.3 Å². The number of hydrogen-bond acceptors (Lipinski definition) is 3. The molecule has 0 aliphatic carbocycles. The number of Topliss-reactive ketones (excluding diaryl/α,β-unsaturated/α-hetero) is 1. The van der Waals surface area contributed by atoms with Gasteiger partial charge in [-0.1, -0.05) is 11.6 Å². The first-order chi connectivity index (χ1) is 6.66. The molecule has 74 valence electrons. The van der Waals surface area contributed by atoms with Crippen LogP contribution < -0.4 is 9.47 Å². The van der Waals surface area contributed by atoms with Crippen molar-refractivity contribution in [3.8, 4) is 11.5 Å². The van der Waals surface area contributed by atoms with E-state index in [9.17, 15) is 4.79 Å². The normalized spacial score (nSPS) is 13.0. The highest BCUT2D eigenvalue weighted by atomic mass is 35.5. The fraction of sp³-hybridized carbons (Fsp3) is 0.300. The van der Waals surface area contributed by atoms with Gasteiger partial charge in [-0.3, -0.25) is 4.79 Å². The number of halogens is 1. The van der Waals surface area contributed by atoms with E-state index in [-0.39, 0.29) is 12.6 Å². The van der Waals surface area contributed by atoms with Crippen molar-refractivity contribution in [1.82, 2.24) is 0 Å². The molecule has 0 radical (unpaired) electrons. The highest BCUT2D eigenvalue weighted by molar-refractivity contribution is 6.32. The van der Waals surface area contributed by atoms with E-state index < -0.39 is 0 Å². The molecule has 0 aromatic heterocycles. The molecule has 0 saturated carbocycles. The molecule has 0 spiro atoms. The summed E-state index contributed by atoms with van der Waals surface area (Å²) in [5.74, 6) is 1.28. The van der Waals surface area contributed by atoms with Gasteiger partial charge in [0.1, 0.15) is 5.78 Å². The molecule has 0 fully saturated rings. The first kappa shape index (κ1) is 9.34. The largest absolute Gasteiger partial charge is 0.454 e. The summed E-state index contributed by atoms with van der Waals surface area (Å²) < 4.78 is 10.3. The third-order valence-corrected chi connectivity index (χ3v) is 2.22. The van der Waals surface area contributed by atoms with Crippen LogP contribution in [0.4, 0.5) is 0 Å². The minimum Gasteiger partial charge on any atom is -0.454 e.